The molecule has 0 aromatic heterocycles. The molecule has 2 rings (SSSR count). The van der Waals surface area contributed by atoms with Crippen LogP contribution in [0.2, 0.25) is 0 Å². The lowest BCUT2D eigenvalue weighted by molar-refractivity contribution is -0.154. The minimum atomic E-state index is -0.722. The number of carbonyl (C=O) groups is 3. The van der Waals surface area contributed by atoms with Gasteiger partial charge in [0.2, 0.25) is 5.91 Å². The summed E-state index contributed by atoms with van der Waals surface area (Å²) in [5.41, 5.74) is 3.07. The average Bonchev–Trinajstić information content (AvgIpc) is 2.70. The van der Waals surface area contributed by atoms with E-state index in [-0.39, 0.29) is 30.6 Å². The highest BCUT2D eigenvalue weighted by Crippen LogP contribution is 2.22. The van der Waals surface area contributed by atoms with Gasteiger partial charge in [-0.25, -0.2) is 4.79 Å². The second-order valence-corrected chi connectivity index (χ2v) is 7.63. The van der Waals surface area contributed by atoms with Crippen LogP contribution in [0.5, 0.6) is 0 Å². The summed E-state index contributed by atoms with van der Waals surface area (Å²) in [5.74, 6) is -0.864. The summed E-state index contributed by atoms with van der Waals surface area (Å²) in [5, 5.41) is 0. The molecular formula is C24H29NO4. The molecule has 0 aliphatic rings. The van der Waals surface area contributed by atoms with E-state index >= 15 is 0 Å². The number of ketones is 1. The molecule has 0 saturated heterocycles. The molecule has 1 amide bonds. The van der Waals surface area contributed by atoms with Crippen LogP contribution in [0.1, 0.15) is 39.2 Å². The Morgan fingerprint density at radius 2 is 1.52 bits per heavy atom. The zero-order valence-electron chi connectivity index (χ0n) is 17.6. The minimum absolute atomic E-state index is 0.187. The molecule has 0 spiro atoms. The van der Waals surface area contributed by atoms with Crippen molar-refractivity contribution >= 4 is 17.7 Å². The lowest BCUT2D eigenvalue weighted by Gasteiger charge is -2.31. The highest BCUT2D eigenvalue weighted by Gasteiger charge is 2.31. The fraction of sp³-hybridized carbons (Fsp3) is 0.375. The summed E-state index contributed by atoms with van der Waals surface area (Å²) in [6.45, 7) is 5.59. The second kappa shape index (κ2) is 10.6. The number of hydrogen-bond acceptors (Lipinski definition) is 4. The first-order valence-corrected chi connectivity index (χ1v) is 9.83. The quantitative estimate of drug-likeness (QED) is 0.470. The number of carbonyl (C=O) groups excluding carboxylic acids is 3. The first kappa shape index (κ1) is 22.3. The highest BCUT2D eigenvalue weighted by molar-refractivity contribution is 5.98. The third-order valence-electron chi connectivity index (χ3n) is 4.68. The molecule has 0 fully saturated rings. The van der Waals surface area contributed by atoms with Crippen molar-refractivity contribution < 1.29 is 19.1 Å². The van der Waals surface area contributed by atoms with Crippen molar-refractivity contribution in [3.05, 3.63) is 60.2 Å². The van der Waals surface area contributed by atoms with E-state index in [1.54, 1.807) is 0 Å². The second-order valence-electron chi connectivity index (χ2n) is 7.63. The van der Waals surface area contributed by atoms with E-state index < -0.39 is 12.0 Å². The van der Waals surface area contributed by atoms with Crippen molar-refractivity contribution in [3.63, 3.8) is 0 Å². The molecule has 1 atom stereocenters. The van der Waals surface area contributed by atoms with Crippen molar-refractivity contribution in [2.75, 3.05) is 7.11 Å². The van der Waals surface area contributed by atoms with E-state index in [9.17, 15) is 14.4 Å². The number of benzene rings is 2. The fourth-order valence-corrected chi connectivity index (χ4v) is 3.25. The van der Waals surface area contributed by atoms with Gasteiger partial charge in [0.05, 0.1) is 13.5 Å². The number of rotatable bonds is 9. The van der Waals surface area contributed by atoms with Crippen molar-refractivity contribution in [1.82, 2.24) is 4.90 Å². The van der Waals surface area contributed by atoms with Crippen LogP contribution < -0.4 is 0 Å². The SMILES string of the molecule is COC(=O)[C@H](CC(C)C)N(Cc1ccc(-c2ccccc2)cc1)C(=O)CC(C)=O. The Bertz CT molecular complexity index is 828. The third kappa shape index (κ3) is 6.56. The van der Waals surface area contributed by atoms with Crippen LogP contribution in [0, 0.1) is 5.92 Å². The standard InChI is InChI=1S/C24H29NO4/c1-17(2)14-22(24(28)29-4)25(23(27)15-18(3)26)16-19-10-12-21(13-11-19)20-8-6-5-7-9-20/h5-13,17,22H,14-16H2,1-4H3/t22-/m0/s1. The maximum atomic E-state index is 12.8. The monoisotopic (exact) mass is 395 g/mol. The van der Waals surface area contributed by atoms with Crippen LogP contribution >= 0.6 is 0 Å². The van der Waals surface area contributed by atoms with Crippen molar-refractivity contribution in [1.29, 1.82) is 0 Å². The van der Waals surface area contributed by atoms with Crippen molar-refractivity contribution in [2.24, 2.45) is 5.92 Å². The molecule has 0 saturated carbocycles. The first-order chi connectivity index (χ1) is 13.8. The molecular weight excluding hydrogens is 366 g/mol. The molecule has 0 aliphatic heterocycles. The Balaban J connectivity index is 2.29. The molecule has 0 radical (unpaired) electrons. The van der Waals surface area contributed by atoms with Crippen molar-refractivity contribution in [2.45, 2.75) is 46.2 Å². The van der Waals surface area contributed by atoms with Gasteiger partial charge >= 0.3 is 5.97 Å². The average molecular weight is 395 g/mol. The number of methoxy groups -OCH3 is 1. The Hall–Kier alpha value is -2.95. The molecule has 2 aromatic carbocycles. The lowest BCUT2D eigenvalue weighted by Crippen LogP contribution is -2.46. The molecule has 2 aromatic rings. The molecule has 0 heterocycles. The zero-order chi connectivity index (χ0) is 21.4. The van der Waals surface area contributed by atoms with Crippen LogP contribution in [-0.4, -0.2) is 35.7 Å². The van der Waals surface area contributed by atoms with Gasteiger partial charge in [-0.15, -0.1) is 0 Å². The van der Waals surface area contributed by atoms with Gasteiger partial charge in [-0.1, -0.05) is 68.4 Å². The first-order valence-electron chi connectivity index (χ1n) is 9.83. The summed E-state index contributed by atoms with van der Waals surface area (Å²) in [6.07, 6.45) is 0.242. The molecule has 0 N–H and O–H groups in total. The number of Topliss-reactive ketones (excluding diaryl/α,β-unsaturated/α-hetero) is 1. The molecule has 29 heavy (non-hydrogen) atoms. The topological polar surface area (TPSA) is 63.7 Å². The van der Waals surface area contributed by atoms with Crippen LogP contribution in [0.25, 0.3) is 11.1 Å². The van der Waals surface area contributed by atoms with Gasteiger partial charge in [-0.05, 0) is 36.0 Å². The maximum Gasteiger partial charge on any atom is 0.328 e. The number of amides is 1. The number of nitrogens with zero attached hydrogens (tertiary/aromatic N) is 1. The molecule has 5 heteroatoms. The zero-order valence-corrected chi connectivity index (χ0v) is 17.6. The molecule has 0 aliphatic carbocycles. The Morgan fingerprint density at radius 3 is 2.03 bits per heavy atom. The van der Waals surface area contributed by atoms with Crippen LogP contribution in [0.15, 0.2) is 54.6 Å². The van der Waals surface area contributed by atoms with Gasteiger partial charge in [0.1, 0.15) is 11.8 Å². The predicted molar refractivity (Wildman–Crippen MR) is 113 cm³/mol. The fourth-order valence-electron chi connectivity index (χ4n) is 3.25. The number of hydrogen-bond donors (Lipinski definition) is 0. The maximum absolute atomic E-state index is 12.8. The van der Waals surface area contributed by atoms with Gasteiger partial charge in [0.25, 0.3) is 0 Å². The molecule has 0 unspecified atom stereocenters. The number of esters is 1. The Morgan fingerprint density at radius 1 is 0.931 bits per heavy atom. The van der Waals surface area contributed by atoms with Crippen molar-refractivity contribution in [3.8, 4) is 11.1 Å². The van der Waals surface area contributed by atoms with Crippen LogP contribution in [-0.2, 0) is 25.7 Å². The van der Waals surface area contributed by atoms with Gasteiger partial charge in [0.15, 0.2) is 0 Å². The molecule has 0 bridgehead atoms. The minimum Gasteiger partial charge on any atom is -0.467 e. The van der Waals surface area contributed by atoms with Gasteiger partial charge in [-0.3, -0.25) is 9.59 Å². The summed E-state index contributed by atoms with van der Waals surface area (Å²) in [6, 6.07) is 17.2. The smallest absolute Gasteiger partial charge is 0.328 e. The Kier molecular flexibility index (Phi) is 8.13. The van der Waals surface area contributed by atoms with Gasteiger partial charge in [-0.2, -0.15) is 0 Å². The summed E-state index contributed by atoms with van der Waals surface area (Å²) in [4.78, 5) is 38.2. The summed E-state index contributed by atoms with van der Waals surface area (Å²) < 4.78 is 4.95. The molecule has 154 valence electrons. The van der Waals surface area contributed by atoms with Crippen LogP contribution in [0.4, 0.5) is 0 Å². The van der Waals surface area contributed by atoms with Gasteiger partial charge < -0.3 is 9.64 Å². The van der Waals surface area contributed by atoms with Gasteiger partial charge in [0, 0.05) is 6.54 Å². The predicted octanol–water partition coefficient (Wildman–Crippen LogP) is 4.25. The van der Waals surface area contributed by atoms with E-state index in [0.717, 1.165) is 16.7 Å². The number of ether oxygens (including phenoxy) is 1. The van der Waals surface area contributed by atoms with E-state index in [4.69, 9.17) is 4.74 Å². The van der Waals surface area contributed by atoms with E-state index in [2.05, 4.69) is 0 Å². The normalized spacial score (nSPS) is 11.8. The highest BCUT2D eigenvalue weighted by atomic mass is 16.5. The van der Waals surface area contributed by atoms with E-state index in [1.165, 1.54) is 18.9 Å². The summed E-state index contributed by atoms with van der Waals surface area (Å²) >= 11 is 0. The third-order valence-corrected chi connectivity index (χ3v) is 4.68. The molecule has 5 nitrogen and oxygen atoms in total. The van der Waals surface area contributed by atoms with E-state index in [0.29, 0.717) is 6.42 Å². The largest absolute Gasteiger partial charge is 0.467 e. The van der Waals surface area contributed by atoms with E-state index in [1.807, 2.05) is 68.4 Å². The Labute approximate surface area is 172 Å². The van der Waals surface area contributed by atoms with Crippen LogP contribution in [0.3, 0.4) is 0 Å². The summed E-state index contributed by atoms with van der Waals surface area (Å²) in [7, 11) is 1.32. The lowest BCUT2D eigenvalue weighted by atomic mass is 10.00.